The van der Waals surface area contributed by atoms with Gasteiger partial charge in [0.1, 0.15) is 16.5 Å². The monoisotopic (exact) mass is 215 g/mol. The molecule has 4 heteroatoms. The molecule has 0 heterocycles. The van der Waals surface area contributed by atoms with E-state index < -0.39 is 16.2 Å². The van der Waals surface area contributed by atoms with Crippen molar-refractivity contribution in [1.82, 2.24) is 0 Å². The van der Waals surface area contributed by atoms with Crippen LogP contribution in [0.15, 0.2) is 24.3 Å². The zero-order chi connectivity index (χ0) is 9.90. The molecule has 2 unspecified atom stereocenters. The molecule has 0 aromatic rings. The third kappa shape index (κ3) is 2.12. The van der Waals surface area contributed by atoms with Gasteiger partial charge in [-0.05, 0) is 6.08 Å². The molecule has 0 N–H and O–H groups in total. The van der Waals surface area contributed by atoms with Gasteiger partial charge in [-0.15, -0.1) is 0 Å². The van der Waals surface area contributed by atoms with E-state index in [1.54, 1.807) is 24.3 Å². The summed E-state index contributed by atoms with van der Waals surface area (Å²) in [6.07, 6.45) is 7.21. The van der Waals surface area contributed by atoms with Gasteiger partial charge in [0, 0.05) is 5.92 Å². The van der Waals surface area contributed by atoms with Crippen LogP contribution in [0.4, 0.5) is 0 Å². The number of aldehydes is 1. The van der Waals surface area contributed by atoms with Crippen LogP contribution in [-0.2, 0) is 4.79 Å². The molecule has 0 aromatic carbocycles. The maximum absolute atomic E-state index is 10.5. The maximum atomic E-state index is 10.5. The molecular weight excluding hydrogens is 209 g/mol. The van der Waals surface area contributed by atoms with Crippen LogP contribution >= 0.6 is 23.2 Å². The first-order chi connectivity index (χ1) is 6.11. The molecular formula is C9H7Cl2NO. The highest BCUT2D eigenvalue weighted by atomic mass is 35.5. The summed E-state index contributed by atoms with van der Waals surface area (Å²) in [6.45, 7) is 0. The lowest BCUT2D eigenvalue weighted by atomic mass is 9.88. The van der Waals surface area contributed by atoms with Crippen molar-refractivity contribution in [2.45, 2.75) is 4.33 Å². The molecule has 2 atom stereocenters. The Kier molecular flexibility index (Phi) is 3.13. The summed E-state index contributed by atoms with van der Waals surface area (Å²) in [4.78, 5) is 10.5. The zero-order valence-electron chi connectivity index (χ0n) is 6.65. The lowest BCUT2D eigenvalue weighted by molar-refractivity contribution is -0.110. The van der Waals surface area contributed by atoms with Gasteiger partial charge in [-0.3, -0.25) is 0 Å². The van der Waals surface area contributed by atoms with Gasteiger partial charge in [-0.2, -0.15) is 5.26 Å². The number of hydrogen-bond acceptors (Lipinski definition) is 2. The molecule has 1 aliphatic carbocycles. The van der Waals surface area contributed by atoms with Gasteiger partial charge in [-0.25, -0.2) is 0 Å². The molecule has 0 aliphatic heterocycles. The number of rotatable bonds is 2. The maximum Gasteiger partial charge on any atom is 0.144 e. The molecule has 0 bridgehead atoms. The SMILES string of the molecule is N#CC(C=O)C1C=CC=CC1(Cl)Cl. The third-order valence-electron chi connectivity index (χ3n) is 1.87. The van der Waals surface area contributed by atoms with E-state index in [-0.39, 0.29) is 0 Å². The second-order valence-corrected chi connectivity index (χ2v) is 4.18. The summed E-state index contributed by atoms with van der Waals surface area (Å²) >= 11 is 11.8. The number of hydrogen-bond donors (Lipinski definition) is 0. The largest absolute Gasteiger partial charge is 0.302 e. The van der Waals surface area contributed by atoms with Crippen molar-refractivity contribution >= 4 is 29.5 Å². The van der Waals surface area contributed by atoms with E-state index in [2.05, 4.69) is 0 Å². The lowest BCUT2D eigenvalue weighted by Gasteiger charge is -2.27. The summed E-state index contributed by atoms with van der Waals surface area (Å²) in [5.74, 6) is -1.26. The number of alkyl halides is 2. The number of nitriles is 1. The second kappa shape index (κ2) is 3.95. The van der Waals surface area contributed by atoms with Gasteiger partial charge in [0.05, 0.1) is 6.07 Å². The predicted octanol–water partition coefficient (Wildman–Crippen LogP) is 2.24. The first kappa shape index (κ1) is 10.3. The number of halogens is 2. The van der Waals surface area contributed by atoms with E-state index >= 15 is 0 Å². The van der Waals surface area contributed by atoms with E-state index in [4.69, 9.17) is 28.5 Å². The second-order valence-electron chi connectivity index (χ2n) is 2.74. The Hall–Kier alpha value is -0.780. The van der Waals surface area contributed by atoms with Crippen LogP contribution in [0.5, 0.6) is 0 Å². The van der Waals surface area contributed by atoms with Crippen LogP contribution in [-0.4, -0.2) is 10.6 Å². The van der Waals surface area contributed by atoms with Crippen LogP contribution in [0, 0.1) is 23.2 Å². The smallest absolute Gasteiger partial charge is 0.144 e. The van der Waals surface area contributed by atoms with E-state index in [0.29, 0.717) is 6.29 Å². The fraction of sp³-hybridized carbons (Fsp3) is 0.333. The van der Waals surface area contributed by atoms with Crippen molar-refractivity contribution in [3.63, 3.8) is 0 Å². The standard InChI is InChI=1S/C9H7Cl2NO/c10-9(11)4-2-1-3-8(9)7(5-12)6-13/h1-4,6-8H. The molecule has 0 radical (unpaired) electrons. The van der Waals surface area contributed by atoms with Crippen LogP contribution in [0.25, 0.3) is 0 Å². The molecule has 0 spiro atoms. The number of nitrogens with zero attached hydrogens (tertiary/aromatic N) is 1. The van der Waals surface area contributed by atoms with Gasteiger partial charge >= 0.3 is 0 Å². The summed E-state index contributed by atoms with van der Waals surface area (Å²) < 4.78 is -1.16. The van der Waals surface area contributed by atoms with E-state index in [1.165, 1.54) is 0 Å². The third-order valence-corrected chi connectivity index (χ3v) is 2.63. The van der Waals surface area contributed by atoms with Crippen molar-refractivity contribution in [1.29, 1.82) is 5.26 Å². The minimum absolute atomic E-state index is 0.469. The molecule has 0 fully saturated rings. The highest BCUT2D eigenvalue weighted by molar-refractivity contribution is 6.50. The molecule has 13 heavy (non-hydrogen) atoms. The van der Waals surface area contributed by atoms with Crippen molar-refractivity contribution in [2.24, 2.45) is 11.8 Å². The number of allylic oxidation sites excluding steroid dienone is 4. The fourth-order valence-electron chi connectivity index (χ4n) is 1.16. The van der Waals surface area contributed by atoms with Crippen molar-refractivity contribution in [2.75, 3.05) is 0 Å². The van der Waals surface area contributed by atoms with Crippen LogP contribution in [0.2, 0.25) is 0 Å². The van der Waals surface area contributed by atoms with Gasteiger partial charge in [0.2, 0.25) is 0 Å². The van der Waals surface area contributed by atoms with Gasteiger partial charge in [0.25, 0.3) is 0 Å². The summed E-state index contributed by atoms with van der Waals surface area (Å²) in [6, 6.07) is 1.85. The Morgan fingerprint density at radius 1 is 1.54 bits per heavy atom. The van der Waals surface area contributed by atoms with Crippen molar-refractivity contribution in [3.8, 4) is 6.07 Å². The van der Waals surface area contributed by atoms with Gasteiger partial charge in [-0.1, -0.05) is 41.4 Å². The van der Waals surface area contributed by atoms with E-state index in [9.17, 15) is 4.79 Å². The predicted molar refractivity (Wildman–Crippen MR) is 51.4 cm³/mol. The Morgan fingerprint density at radius 2 is 2.23 bits per heavy atom. The minimum atomic E-state index is -1.16. The Balaban J connectivity index is 2.92. The number of carbonyl (C=O) groups excluding carboxylic acids is 1. The first-order valence-electron chi connectivity index (χ1n) is 3.70. The van der Waals surface area contributed by atoms with E-state index in [1.807, 2.05) is 6.07 Å². The fourth-order valence-corrected chi connectivity index (χ4v) is 1.72. The van der Waals surface area contributed by atoms with Crippen LogP contribution in [0.1, 0.15) is 0 Å². The average molecular weight is 216 g/mol. The average Bonchev–Trinajstić information content (AvgIpc) is 2.09. The summed E-state index contributed by atoms with van der Waals surface area (Å²) in [7, 11) is 0. The Bertz CT molecular complexity index is 301. The zero-order valence-corrected chi connectivity index (χ0v) is 8.16. The molecule has 1 aliphatic rings. The molecule has 2 nitrogen and oxygen atoms in total. The molecule has 0 amide bonds. The highest BCUT2D eigenvalue weighted by Gasteiger charge is 2.37. The molecule has 68 valence electrons. The highest BCUT2D eigenvalue weighted by Crippen LogP contribution is 2.39. The lowest BCUT2D eigenvalue weighted by Crippen LogP contribution is -2.30. The van der Waals surface area contributed by atoms with Crippen LogP contribution in [0.3, 0.4) is 0 Å². The van der Waals surface area contributed by atoms with Gasteiger partial charge < -0.3 is 4.79 Å². The summed E-state index contributed by atoms with van der Waals surface area (Å²) in [5.41, 5.74) is 0. The molecule has 0 saturated heterocycles. The Labute approximate surface area is 86.4 Å². The molecule has 0 aromatic heterocycles. The summed E-state index contributed by atoms with van der Waals surface area (Å²) in [5, 5.41) is 8.65. The van der Waals surface area contributed by atoms with E-state index in [0.717, 1.165) is 0 Å². The molecule has 1 rings (SSSR count). The van der Waals surface area contributed by atoms with Gasteiger partial charge in [0.15, 0.2) is 0 Å². The Morgan fingerprint density at radius 3 is 2.69 bits per heavy atom. The molecule has 0 saturated carbocycles. The number of carbonyl (C=O) groups is 1. The quantitative estimate of drug-likeness (QED) is 0.524. The van der Waals surface area contributed by atoms with Crippen LogP contribution < -0.4 is 0 Å². The van der Waals surface area contributed by atoms with Crippen molar-refractivity contribution in [3.05, 3.63) is 24.3 Å². The van der Waals surface area contributed by atoms with Crippen molar-refractivity contribution < 1.29 is 4.79 Å². The normalized spacial score (nSPS) is 26.4. The first-order valence-corrected chi connectivity index (χ1v) is 4.46. The minimum Gasteiger partial charge on any atom is -0.302 e. The topological polar surface area (TPSA) is 40.9 Å².